The van der Waals surface area contributed by atoms with Gasteiger partial charge in [-0.1, -0.05) is 18.2 Å². The van der Waals surface area contributed by atoms with Crippen molar-refractivity contribution in [2.24, 2.45) is 0 Å². The van der Waals surface area contributed by atoms with Gasteiger partial charge in [0.1, 0.15) is 12.0 Å². The summed E-state index contributed by atoms with van der Waals surface area (Å²) in [6, 6.07) is 10.3. The van der Waals surface area contributed by atoms with Gasteiger partial charge in [0.05, 0.1) is 0 Å². The molecule has 0 unspecified atom stereocenters. The Labute approximate surface area is 130 Å². The number of nitrogens with zero attached hydrogens (tertiary/aromatic N) is 1. The van der Waals surface area contributed by atoms with Gasteiger partial charge in [-0.05, 0) is 48.7 Å². The van der Waals surface area contributed by atoms with Gasteiger partial charge in [-0.2, -0.15) is 0 Å². The molecular formula is C18H19NO3. The fraction of sp³-hybridized carbons (Fsp3) is 0.222. The standard InChI is InChI=1S/C18H19NO3/c1-12-7-13(2)17(9-15(12)11-20)18(22)19(3)10-14-5-4-6-16(21)8-14/h4-9,11,21H,10H2,1-3H3. The zero-order valence-corrected chi connectivity index (χ0v) is 13.0. The van der Waals surface area contributed by atoms with E-state index < -0.39 is 0 Å². The van der Waals surface area contributed by atoms with Crippen LogP contribution in [0.5, 0.6) is 5.75 Å². The van der Waals surface area contributed by atoms with Crippen molar-refractivity contribution in [2.45, 2.75) is 20.4 Å². The van der Waals surface area contributed by atoms with Crippen molar-refractivity contribution in [3.05, 3.63) is 64.2 Å². The minimum atomic E-state index is -0.149. The topological polar surface area (TPSA) is 57.6 Å². The molecule has 0 aliphatic rings. The number of rotatable bonds is 4. The number of benzene rings is 2. The average molecular weight is 297 g/mol. The molecule has 0 spiro atoms. The fourth-order valence-electron chi connectivity index (χ4n) is 2.43. The summed E-state index contributed by atoms with van der Waals surface area (Å²) in [5.41, 5.74) is 3.60. The summed E-state index contributed by atoms with van der Waals surface area (Å²) in [5, 5.41) is 9.48. The van der Waals surface area contributed by atoms with Crippen LogP contribution in [0.4, 0.5) is 0 Å². The molecule has 0 atom stereocenters. The molecule has 0 aliphatic heterocycles. The summed E-state index contributed by atoms with van der Waals surface area (Å²) >= 11 is 0. The van der Waals surface area contributed by atoms with Gasteiger partial charge < -0.3 is 10.0 Å². The van der Waals surface area contributed by atoms with Crippen LogP contribution in [0.15, 0.2) is 36.4 Å². The van der Waals surface area contributed by atoms with Gasteiger partial charge in [0.15, 0.2) is 0 Å². The molecular weight excluding hydrogens is 278 g/mol. The third kappa shape index (κ3) is 3.34. The highest BCUT2D eigenvalue weighted by atomic mass is 16.3. The lowest BCUT2D eigenvalue weighted by Gasteiger charge is -2.19. The van der Waals surface area contributed by atoms with E-state index in [-0.39, 0.29) is 11.7 Å². The number of phenolic OH excluding ortho intramolecular Hbond substituents is 1. The van der Waals surface area contributed by atoms with Gasteiger partial charge >= 0.3 is 0 Å². The van der Waals surface area contributed by atoms with Crippen LogP contribution in [-0.2, 0) is 6.54 Å². The number of hydrogen-bond donors (Lipinski definition) is 1. The summed E-state index contributed by atoms with van der Waals surface area (Å²) < 4.78 is 0. The van der Waals surface area contributed by atoms with Crippen molar-refractivity contribution >= 4 is 12.2 Å². The molecule has 114 valence electrons. The maximum absolute atomic E-state index is 12.6. The SMILES string of the molecule is Cc1cc(C)c(C(=O)N(C)Cc2cccc(O)c2)cc1C=O. The van der Waals surface area contributed by atoms with E-state index >= 15 is 0 Å². The van der Waals surface area contributed by atoms with E-state index in [9.17, 15) is 14.7 Å². The maximum Gasteiger partial charge on any atom is 0.254 e. The molecule has 2 aromatic carbocycles. The van der Waals surface area contributed by atoms with E-state index in [1.165, 1.54) is 0 Å². The van der Waals surface area contributed by atoms with E-state index in [1.807, 2.05) is 26.0 Å². The van der Waals surface area contributed by atoms with Crippen molar-refractivity contribution in [3.8, 4) is 5.75 Å². The first kappa shape index (κ1) is 15.8. The summed E-state index contributed by atoms with van der Waals surface area (Å²) in [6.07, 6.45) is 0.765. The second-order valence-corrected chi connectivity index (χ2v) is 5.47. The first-order valence-corrected chi connectivity index (χ1v) is 7.02. The number of carbonyl (C=O) groups is 2. The molecule has 0 heterocycles. The van der Waals surface area contributed by atoms with Crippen LogP contribution < -0.4 is 0 Å². The van der Waals surface area contributed by atoms with Gasteiger partial charge in [0, 0.05) is 24.7 Å². The van der Waals surface area contributed by atoms with Gasteiger partial charge in [0.25, 0.3) is 5.91 Å². The molecule has 4 nitrogen and oxygen atoms in total. The summed E-state index contributed by atoms with van der Waals surface area (Å²) in [6.45, 7) is 4.09. The highest BCUT2D eigenvalue weighted by molar-refractivity contribution is 5.97. The summed E-state index contributed by atoms with van der Waals surface area (Å²) in [5.74, 6) is 0.0250. The van der Waals surface area contributed by atoms with Crippen molar-refractivity contribution in [2.75, 3.05) is 7.05 Å². The second-order valence-electron chi connectivity index (χ2n) is 5.47. The molecule has 2 aromatic rings. The number of phenols is 1. The van der Waals surface area contributed by atoms with Gasteiger partial charge in [-0.15, -0.1) is 0 Å². The van der Waals surface area contributed by atoms with Crippen molar-refractivity contribution < 1.29 is 14.7 Å². The van der Waals surface area contributed by atoms with Gasteiger partial charge in [0.2, 0.25) is 0 Å². The lowest BCUT2D eigenvalue weighted by Crippen LogP contribution is -2.27. The quantitative estimate of drug-likeness (QED) is 0.882. The Balaban J connectivity index is 2.25. The van der Waals surface area contributed by atoms with Gasteiger partial charge in [-0.3, -0.25) is 9.59 Å². The fourth-order valence-corrected chi connectivity index (χ4v) is 2.43. The summed E-state index contributed by atoms with van der Waals surface area (Å²) in [7, 11) is 1.70. The highest BCUT2D eigenvalue weighted by Crippen LogP contribution is 2.18. The molecule has 0 saturated heterocycles. The third-order valence-corrected chi connectivity index (χ3v) is 3.65. The van der Waals surface area contributed by atoms with Crippen LogP contribution in [0.2, 0.25) is 0 Å². The molecule has 1 N–H and O–H groups in total. The Morgan fingerprint density at radius 3 is 2.55 bits per heavy atom. The zero-order chi connectivity index (χ0) is 16.3. The summed E-state index contributed by atoms with van der Waals surface area (Å²) in [4.78, 5) is 25.2. The number of aromatic hydroxyl groups is 1. The van der Waals surface area contributed by atoms with Gasteiger partial charge in [-0.25, -0.2) is 0 Å². The van der Waals surface area contributed by atoms with Crippen LogP contribution in [-0.4, -0.2) is 29.2 Å². The Hall–Kier alpha value is -2.62. The van der Waals surface area contributed by atoms with Crippen molar-refractivity contribution in [1.29, 1.82) is 0 Å². The molecule has 0 bridgehead atoms. The minimum Gasteiger partial charge on any atom is -0.508 e. The number of aryl methyl sites for hydroxylation is 2. The second kappa shape index (κ2) is 6.43. The molecule has 2 rings (SSSR count). The van der Waals surface area contributed by atoms with E-state index in [2.05, 4.69) is 0 Å². The predicted molar refractivity (Wildman–Crippen MR) is 85.2 cm³/mol. The zero-order valence-electron chi connectivity index (χ0n) is 13.0. The first-order valence-electron chi connectivity index (χ1n) is 7.02. The molecule has 22 heavy (non-hydrogen) atoms. The van der Waals surface area contributed by atoms with Crippen LogP contribution in [0.3, 0.4) is 0 Å². The minimum absolute atomic E-state index is 0.149. The van der Waals surface area contributed by atoms with E-state index in [4.69, 9.17) is 0 Å². The highest BCUT2D eigenvalue weighted by Gasteiger charge is 2.16. The number of amides is 1. The third-order valence-electron chi connectivity index (χ3n) is 3.65. The molecule has 0 fully saturated rings. The Morgan fingerprint density at radius 1 is 1.18 bits per heavy atom. The van der Waals surface area contributed by atoms with Crippen molar-refractivity contribution in [3.63, 3.8) is 0 Å². The maximum atomic E-state index is 12.6. The Bertz CT molecular complexity index is 722. The molecule has 0 radical (unpaired) electrons. The lowest BCUT2D eigenvalue weighted by molar-refractivity contribution is 0.0784. The van der Waals surface area contributed by atoms with Crippen LogP contribution in [0.1, 0.15) is 37.4 Å². The first-order chi connectivity index (χ1) is 10.4. The van der Waals surface area contributed by atoms with Crippen LogP contribution >= 0.6 is 0 Å². The smallest absolute Gasteiger partial charge is 0.254 e. The Morgan fingerprint density at radius 2 is 1.91 bits per heavy atom. The molecule has 0 aliphatic carbocycles. The molecule has 0 saturated carbocycles. The Kier molecular flexibility index (Phi) is 4.61. The monoisotopic (exact) mass is 297 g/mol. The number of carbonyl (C=O) groups excluding carboxylic acids is 2. The lowest BCUT2D eigenvalue weighted by atomic mass is 9.99. The van der Waals surface area contributed by atoms with Crippen LogP contribution in [0.25, 0.3) is 0 Å². The molecule has 0 aromatic heterocycles. The van der Waals surface area contributed by atoms with E-state index in [1.54, 1.807) is 36.2 Å². The van der Waals surface area contributed by atoms with Crippen LogP contribution in [0, 0.1) is 13.8 Å². The molecule has 4 heteroatoms. The number of hydrogen-bond acceptors (Lipinski definition) is 3. The van der Waals surface area contributed by atoms with E-state index in [0.717, 1.165) is 23.0 Å². The normalized spacial score (nSPS) is 10.3. The largest absolute Gasteiger partial charge is 0.508 e. The molecule has 1 amide bonds. The number of aldehydes is 1. The predicted octanol–water partition coefficient (Wildman–Crippen LogP) is 3.09. The van der Waals surface area contributed by atoms with Crippen molar-refractivity contribution in [1.82, 2.24) is 4.90 Å². The average Bonchev–Trinajstić information content (AvgIpc) is 2.46. The van der Waals surface area contributed by atoms with E-state index in [0.29, 0.717) is 17.7 Å².